The lowest BCUT2D eigenvalue weighted by molar-refractivity contribution is -0.137. The van der Waals surface area contributed by atoms with Gasteiger partial charge in [-0.15, -0.1) is 0 Å². The largest absolute Gasteiger partial charge is 0.462 e. The molecule has 1 fully saturated rings. The van der Waals surface area contributed by atoms with E-state index >= 15 is 0 Å². The summed E-state index contributed by atoms with van der Waals surface area (Å²) in [5, 5.41) is 39.9. The summed E-state index contributed by atoms with van der Waals surface area (Å²) in [7, 11) is 0. The van der Waals surface area contributed by atoms with Crippen LogP contribution in [0.4, 0.5) is 0 Å². The highest BCUT2D eigenvalue weighted by atomic mass is 16.7. The third-order valence-corrected chi connectivity index (χ3v) is 6.19. The molecule has 1 saturated heterocycles. The topological polar surface area (TPSA) is 99.4 Å². The van der Waals surface area contributed by atoms with Gasteiger partial charge in [-0.1, -0.05) is 78.9 Å². The minimum absolute atomic E-state index is 0.484. The van der Waals surface area contributed by atoms with Crippen molar-refractivity contribution in [1.29, 1.82) is 0 Å². The van der Waals surface area contributed by atoms with E-state index < -0.39 is 42.7 Å². The maximum atomic E-state index is 10.5. The minimum Gasteiger partial charge on any atom is -0.462 e. The summed E-state index contributed by atoms with van der Waals surface area (Å²) in [6, 6.07) is 27.6. The van der Waals surface area contributed by atoms with E-state index in [1.165, 1.54) is 0 Å². The van der Waals surface area contributed by atoms with Crippen molar-refractivity contribution < 1.29 is 29.9 Å². The molecule has 1 heterocycles. The molecule has 1 aliphatic heterocycles. The first-order chi connectivity index (χ1) is 15.5. The molecule has 32 heavy (non-hydrogen) atoms. The zero-order valence-corrected chi connectivity index (χ0v) is 17.8. The third-order valence-electron chi connectivity index (χ3n) is 6.19. The van der Waals surface area contributed by atoms with Crippen LogP contribution in [0.5, 0.6) is 5.75 Å². The number of aliphatic hydroxyl groups excluding tert-OH is 4. The second kappa shape index (κ2) is 9.40. The smallest absolute Gasteiger partial charge is 0.229 e. The number of hydrogen-bond donors (Lipinski definition) is 4. The van der Waals surface area contributed by atoms with Gasteiger partial charge in [0.25, 0.3) is 0 Å². The Kier molecular flexibility index (Phi) is 6.60. The molecule has 3 aromatic rings. The van der Waals surface area contributed by atoms with Gasteiger partial charge in [-0.2, -0.15) is 0 Å². The van der Waals surface area contributed by atoms with Crippen LogP contribution in [0.25, 0.3) is 0 Å². The van der Waals surface area contributed by atoms with Gasteiger partial charge >= 0.3 is 0 Å². The highest BCUT2D eigenvalue weighted by molar-refractivity contribution is 5.54. The fraction of sp³-hybridized carbons (Fsp3) is 0.308. The van der Waals surface area contributed by atoms with Crippen LogP contribution in [0, 0.1) is 0 Å². The number of para-hydroxylation sites is 1. The standard InChI is InChI=1S/C26H28O6/c1-26(17-10-4-2-5-11-17,18-12-6-3-7-13-18)19-14-8-9-15-21(19)31-25-23(30)22(29)24(32-25)20(28)16-27/h2-15,20,22-25,27-30H,16H2,1H3/t20-,22+,23-,24+,25-/m0/s1. The van der Waals surface area contributed by atoms with Crippen molar-refractivity contribution in [3.8, 4) is 5.75 Å². The lowest BCUT2D eigenvalue weighted by Gasteiger charge is -2.34. The molecule has 1 aliphatic rings. The number of benzene rings is 3. The molecular formula is C26H28O6. The molecule has 4 rings (SSSR count). The van der Waals surface area contributed by atoms with Gasteiger partial charge in [0.1, 0.15) is 30.2 Å². The fourth-order valence-electron chi connectivity index (χ4n) is 4.32. The molecule has 0 radical (unpaired) electrons. The molecule has 0 saturated carbocycles. The van der Waals surface area contributed by atoms with E-state index in [1.807, 2.05) is 54.6 Å². The summed E-state index contributed by atoms with van der Waals surface area (Å²) in [6.45, 7) is 1.51. The second-order valence-electron chi connectivity index (χ2n) is 8.17. The molecule has 0 aliphatic carbocycles. The first kappa shape index (κ1) is 22.5. The monoisotopic (exact) mass is 436 g/mol. The van der Waals surface area contributed by atoms with Gasteiger partial charge in [-0.05, 0) is 24.1 Å². The summed E-state index contributed by atoms with van der Waals surface area (Å²) >= 11 is 0. The Morgan fingerprint density at radius 3 is 1.94 bits per heavy atom. The van der Waals surface area contributed by atoms with Crippen LogP contribution in [-0.2, 0) is 10.2 Å². The Bertz CT molecular complexity index is 970. The number of rotatable bonds is 7. The summed E-state index contributed by atoms with van der Waals surface area (Å²) in [5.74, 6) is 0.484. The van der Waals surface area contributed by atoms with Gasteiger partial charge in [0.15, 0.2) is 0 Å². The van der Waals surface area contributed by atoms with Crippen molar-refractivity contribution in [2.45, 2.75) is 43.0 Å². The van der Waals surface area contributed by atoms with Crippen LogP contribution in [-0.4, -0.2) is 57.7 Å². The average molecular weight is 437 g/mol. The Morgan fingerprint density at radius 2 is 1.38 bits per heavy atom. The number of aliphatic hydroxyl groups is 4. The van der Waals surface area contributed by atoms with Crippen molar-refractivity contribution in [3.63, 3.8) is 0 Å². The number of ether oxygens (including phenoxy) is 2. The summed E-state index contributed by atoms with van der Waals surface area (Å²) in [5.41, 5.74) is 2.40. The third kappa shape index (κ3) is 4.03. The molecule has 4 N–H and O–H groups in total. The fourth-order valence-corrected chi connectivity index (χ4v) is 4.32. The van der Waals surface area contributed by atoms with Gasteiger partial charge in [-0.3, -0.25) is 0 Å². The van der Waals surface area contributed by atoms with Gasteiger partial charge in [-0.25, -0.2) is 0 Å². The van der Waals surface area contributed by atoms with Crippen LogP contribution in [0.15, 0.2) is 84.9 Å². The lowest BCUT2D eigenvalue weighted by atomic mass is 9.71. The Labute approximate surface area is 187 Å². The SMILES string of the molecule is CC(c1ccccc1)(c1ccccc1)c1ccccc1O[C@H]1O[C@H]([C@@H](O)CO)[C@H](O)[C@@H]1O. The molecule has 0 spiro atoms. The van der Waals surface area contributed by atoms with Crippen molar-refractivity contribution in [2.75, 3.05) is 6.61 Å². The van der Waals surface area contributed by atoms with Crippen molar-refractivity contribution in [3.05, 3.63) is 102 Å². The first-order valence-corrected chi connectivity index (χ1v) is 10.6. The van der Waals surface area contributed by atoms with E-state index in [9.17, 15) is 20.4 Å². The van der Waals surface area contributed by atoms with Crippen LogP contribution < -0.4 is 4.74 Å². The molecule has 168 valence electrons. The van der Waals surface area contributed by atoms with E-state index in [0.29, 0.717) is 5.75 Å². The van der Waals surface area contributed by atoms with E-state index in [4.69, 9.17) is 9.47 Å². The Morgan fingerprint density at radius 1 is 0.844 bits per heavy atom. The zero-order chi connectivity index (χ0) is 22.7. The Balaban J connectivity index is 1.75. The summed E-state index contributed by atoms with van der Waals surface area (Å²) in [6.07, 6.45) is -6.45. The van der Waals surface area contributed by atoms with Gasteiger partial charge in [0.05, 0.1) is 6.61 Å². The highest BCUT2D eigenvalue weighted by Crippen LogP contribution is 2.43. The zero-order valence-electron chi connectivity index (χ0n) is 17.8. The second-order valence-corrected chi connectivity index (χ2v) is 8.17. The van der Waals surface area contributed by atoms with Crippen LogP contribution in [0.3, 0.4) is 0 Å². The molecule has 5 atom stereocenters. The molecule has 3 aromatic carbocycles. The van der Waals surface area contributed by atoms with Gasteiger partial charge in [0, 0.05) is 11.0 Å². The van der Waals surface area contributed by atoms with Crippen molar-refractivity contribution >= 4 is 0 Å². The van der Waals surface area contributed by atoms with Crippen LogP contribution in [0.1, 0.15) is 23.6 Å². The summed E-state index contributed by atoms with van der Waals surface area (Å²) in [4.78, 5) is 0. The van der Waals surface area contributed by atoms with Gasteiger partial charge in [0.2, 0.25) is 6.29 Å². The summed E-state index contributed by atoms with van der Waals surface area (Å²) < 4.78 is 11.7. The first-order valence-electron chi connectivity index (χ1n) is 10.6. The molecule has 0 unspecified atom stereocenters. The molecule has 0 aromatic heterocycles. The predicted molar refractivity (Wildman–Crippen MR) is 119 cm³/mol. The quantitative estimate of drug-likeness (QED) is 0.424. The average Bonchev–Trinajstić information content (AvgIpc) is 3.13. The van der Waals surface area contributed by atoms with Crippen molar-refractivity contribution in [1.82, 2.24) is 0 Å². The minimum atomic E-state index is -1.39. The number of hydrogen-bond acceptors (Lipinski definition) is 6. The normalized spacial score (nSPS) is 24.3. The molecule has 6 nitrogen and oxygen atoms in total. The molecule has 0 bridgehead atoms. The molecule has 6 heteroatoms. The van der Waals surface area contributed by atoms with E-state index in [0.717, 1.165) is 16.7 Å². The molecular weight excluding hydrogens is 408 g/mol. The predicted octanol–water partition coefficient (Wildman–Crippen LogP) is 2.22. The highest BCUT2D eigenvalue weighted by Gasteiger charge is 2.47. The van der Waals surface area contributed by atoms with Crippen LogP contribution >= 0.6 is 0 Å². The van der Waals surface area contributed by atoms with E-state index in [2.05, 4.69) is 31.2 Å². The van der Waals surface area contributed by atoms with Crippen molar-refractivity contribution in [2.24, 2.45) is 0 Å². The maximum absolute atomic E-state index is 10.5. The van der Waals surface area contributed by atoms with Gasteiger partial charge < -0.3 is 29.9 Å². The maximum Gasteiger partial charge on any atom is 0.229 e. The Hall–Kier alpha value is -2.74. The van der Waals surface area contributed by atoms with E-state index in [-0.39, 0.29) is 0 Å². The molecule has 0 amide bonds. The van der Waals surface area contributed by atoms with E-state index in [1.54, 1.807) is 6.07 Å². The lowest BCUT2D eigenvalue weighted by Crippen LogP contribution is -2.40. The van der Waals surface area contributed by atoms with Crippen LogP contribution in [0.2, 0.25) is 0 Å².